The average molecular weight is 208 g/mol. The topological polar surface area (TPSA) is 92.4 Å². The number of carboxylic acid groups (broad SMARTS) is 1. The van der Waals surface area contributed by atoms with Crippen molar-refractivity contribution in [3.05, 3.63) is 29.3 Å². The minimum Gasteiger partial charge on any atom is -0.480 e. The van der Waals surface area contributed by atoms with Crippen molar-refractivity contribution < 1.29 is 14.7 Å². The van der Waals surface area contributed by atoms with Crippen molar-refractivity contribution in [3.8, 4) is 0 Å². The first kappa shape index (κ1) is 11.0. The van der Waals surface area contributed by atoms with Gasteiger partial charge in [0.15, 0.2) is 0 Å². The van der Waals surface area contributed by atoms with Crippen molar-refractivity contribution in [1.82, 2.24) is 5.32 Å². The first-order valence-electron chi connectivity index (χ1n) is 4.37. The van der Waals surface area contributed by atoms with Crippen LogP contribution in [-0.4, -0.2) is 23.5 Å². The molecule has 0 fully saturated rings. The maximum atomic E-state index is 11.5. The lowest BCUT2D eigenvalue weighted by Gasteiger charge is -2.08. The number of rotatable bonds is 3. The molecule has 1 rings (SSSR count). The maximum absolute atomic E-state index is 11.5. The molecule has 0 saturated carbocycles. The number of aliphatic carboxylic acids is 1. The van der Waals surface area contributed by atoms with E-state index in [0.717, 1.165) is 5.56 Å². The summed E-state index contributed by atoms with van der Waals surface area (Å²) in [5.74, 6) is -1.55. The molecule has 5 nitrogen and oxygen atoms in total. The smallest absolute Gasteiger partial charge is 0.322 e. The van der Waals surface area contributed by atoms with Crippen LogP contribution in [0.15, 0.2) is 18.2 Å². The quantitative estimate of drug-likeness (QED) is 0.626. The number of nitrogens with two attached hydrogens (primary N) is 1. The van der Waals surface area contributed by atoms with E-state index in [4.69, 9.17) is 10.8 Å². The number of benzene rings is 1. The number of hydrogen-bond donors (Lipinski definition) is 3. The Morgan fingerprint density at radius 2 is 2.13 bits per heavy atom. The standard InChI is InChI=1S/C10H12N2O3/c1-6-3-2-4-7(11)9(6)10(15)12-5-8(13)14/h2-4H,5,11H2,1H3,(H,12,15)(H,13,14). The van der Waals surface area contributed by atoms with Crippen molar-refractivity contribution in [2.24, 2.45) is 0 Å². The van der Waals surface area contributed by atoms with E-state index in [9.17, 15) is 9.59 Å². The second-order valence-corrected chi connectivity index (χ2v) is 3.12. The van der Waals surface area contributed by atoms with Gasteiger partial charge in [0.2, 0.25) is 0 Å². The number of amides is 1. The predicted molar refractivity (Wildman–Crippen MR) is 55.6 cm³/mol. The fourth-order valence-corrected chi connectivity index (χ4v) is 1.24. The Morgan fingerprint density at radius 3 is 2.67 bits per heavy atom. The number of aryl methyl sites for hydroxylation is 1. The Hall–Kier alpha value is -2.04. The summed E-state index contributed by atoms with van der Waals surface area (Å²) in [6, 6.07) is 5.08. The molecule has 1 amide bonds. The molecule has 15 heavy (non-hydrogen) atoms. The van der Waals surface area contributed by atoms with E-state index in [1.165, 1.54) is 0 Å². The van der Waals surface area contributed by atoms with Gasteiger partial charge in [-0.3, -0.25) is 9.59 Å². The number of carbonyl (C=O) groups excluding carboxylic acids is 1. The van der Waals surface area contributed by atoms with Gasteiger partial charge < -0.3 is 16.2 Å². The van der Waals surface area contributed by atoms with Gasteiger partial charge in [-0.1, -0.05) is 12.1 Å². The van der Waals surface area contributed by atoms with Gasteiger partial charge in [-0.2, -0.15) is 0 Å². The van der Waals surface area contributed by atoms with Crippen LogP contribution in [0.1, 0.15) is 15.9 Å². The van der Waals surface area contributed by atoms with E-state index >= 15 is 0 Å². The van der Waals surface area contributed by atoms with E-state index < -0.39 is 18.4 Å². The van der Waals surface area contributed by atoms with Gasteiger partial charge in [0.1, 0.15) is 6.54 Å². The fraction of sp³-hybridized carbons (Fsp3) is 0.200. The lowest BCUT2D eigenvalue weighted by molar-refractivity contribution is -0.135. The zero-order valence-electron chi connectivity index (χ0n) is 8.28. The van der Waals surface area contributed by atoms with Crippen LogP contribution in [0, 0.1) is 6.92 Å². The van der Waals surface area contributed by atoms with Gasteiger partial charge >= 0.3 is 5.97 Å². The summed E-state index contributed by atoms with van der Waals surface area (Å²) in [5.41, 5.74) is 7.02. The predicted octanol–water partition coefficient (Wildman–Crippen LogP) is 0.392. The first-order valence-corrected chi connectivity index (χ1v) is 4.37. The molecule has 1 aromatic rings. The summed E-state index contributed by atoms with van der Waals surface area (Å²) in [4.78, 5) is 21.8. The third kappa shape index (κ3) is 2.70. The fourth-order valence-electron chi connectivity index (χ4n) is 1.24. The molecular weight excluding hydrogens is 196 g/mol. The molecule has 0 heterocycles. The summed E-state index contributed by atoms with van der Waals surface area (Å²) >= 11 is 0. The van der Waals surface area contributed by atoms with E-state index in [2.05, 4.69) is 5.32 Å². The third-order valence-electron chi connectivity index (χ3n) is 1.93. The van der Waals surface area contributed by atoms with Gasteiger partial charge in [-0.15, -0.1) is 0 Å². The van der Waals surface area contributed by atoms with Crippen molar-refractivity contribution in [3.63, 3.8) is 0 Å². The van der Waals surface area contributed by atoms with Crippen LogP contribution < -0.4 is 11.1 Å². The lowest BCUT2D eigenvalue weighted by Crippen LogP contribution is -2.30. The van der Waals surface area contributed by atoms with Crippen LogP contribution in [0.5, 0.6) is 0 Å². The summed E-state index contributed by atoms with van der Waals surface area (Å²) in [5, 5.41) is 10.7. The van der Waals surface area contributed by atoms with Gasteiger partial charge in [0.05, 0.1) is 5.56 Å². The normalized spacial score (nSPS) is 9.67. The van der Waals surface area contributed by atoms with E-state index in [-0.39, 0.29) is 0 Å². The summed E-state index contributed by atoms with van der Waals surface area (Å²) < 4.78 is 0. The van der Waals surface area contributed by atoms with Crippen molar-refractivity contribution in [2.45, 2.75) is 6.92 Å². The molecule has 0 spiro atoms. The second kappa shape index (κ2) is 4.45. The molecule has 0 bridgehead atoms. The van der Waals surface area contributed by atoms with Gasteiger partial charge in [-0.25, -0.2) is 0 Å². The molecule has 5 heteroatoms. The van der Waals surface area contributed by atoms with Gasteiger partial charge in [-0.05, 0) is 18.6 Å². The number of carbonyl (C=O) groups is 2. The van der Waals surface area contributed by atoms with Crippen molar-refractivity contribution in [1.29, 1.82) is 0 Å². The number of nitrogens with one attached hydrogen (secondary N) is 1. The molecule has 0 aliphatic rings. The summed E-state index contributed by atoms with van der Waals surface area (Å²) in [7, 11) is 0. The van der Waals surface area contributed by atoms with E-state index in [1.54, 1.807) is 25.1 Å². The molecule has 80 valence electrons. The largest absolute Gasteiger partial charge is 0.480 e. The van der Waals surface area contributed by atoms with E-state index in [0.29, 0.717) is 11.3 Å². The average Bonchev–Trinajstić information content (AvgIpc) is 2.14. The summed E-state index contributed by atoms with van der Waals surface area (Å²) in [6.45, 7) is 1.33. The van der Waals surface area contributed by atoms with Crippen LogP contribution in [-0.2, 0) is 4.79 Å². The Kier molecular flexibility index (Phi) is 3.28. The second-order valence-electron chi connectivity index (χ2n) is 3.12. The number of anilines is 1. The van der Waals surface area contributed by atoms with Gasteiger partial charge in [0.25, 0.3) is 5.91 Å². The zero-order chi connectivity index (χ0) is 11.4. The molecule has 0 aromatic heterocycles. The summed E-state index contributed by atoms with van der Waals surface area (Å²) in [6.07, 6.45) is 0. The molecule has 0 atom stereocenters. The Labute approximate surface area is 86.9 Å². The van der Waals surface area contributed by atoms with Gasteiger partial charge in [0, 0.05) is 5.69 Å². The highest BCUT2D eigenvalue weighted by atomic mass is 16.4. The highest BCUT2D eigenvalue weighted by Crippen LogP contribution is 2.15. The zero-order valence-corrected chi connectivity index (χ0v) is 8.28. The molecule has 0 radical (unpaired) electrons. The van der Waals surface area contributed by atoms with Crippen LogP contribution in [0.25, 0.3) is 0 Å². The molecule has 1 aromatic carbocycles. The lowest BCUT2D eigenvalue weighted by atomic mass is 10.1. The van der Waals surface area contributed by atoms with E-state index in [1.807, 2.05) is 0 Å². The maximum Gasteiger partial charge on any atom is 0.322 e. The third-order valence-corrected chi connectivity index (χ3v) is 1.93. The molecular formula is C10H12N2O3. The van der Waals surface area contributed by atoms with Crippen LogP contribution in [0.4, 0.5) is 5.69 Å². The highest BCUT2D eigenvalue weighted by Gasteiger charge is 2.12. The minimum atomic E-state index is -1.09. The van der Waals surface area contributed by atoms with Crippen LogP contribution >= 0.6 is 0 Å². The number of nitrogen functional groups attached to an aromatic ring is 1. The Morgan fingerprint density at radius 1 is 1.47 bits per heavy atom. The Balaban J connectivity index is 2.86. The van der Waals surface area contributed by atoms with Crippen molar-refractivity contribution in [2.75, 3.05) is 12.3 Å². The molecule has 0 saturated heterocycles. The van der Waals surface area contributed by atoms with Crippen molar-refractivity contribution >= 4 is 17.6 Å². The van der Waals surface area contributed by atoms with Crippen LogP contribution in [0.3, 0.4) is 0 Å². The monoisotopic (exact) mass is 208 g/mol. The number of hydrogen-bond acceptors (Lipinski definition) is 3. The molecule has 0 aliphatic heterocycles. The van der Waals surface area contributed by atoms with Crippen LogP contribution in [0.2, 0.25) is 0 Å². The Bertz CT molecular complexity index is 381. The molecule has 0 aliphatic carbocycles. The number of carboxylic acids is 1. The first-order chi connectivity index (χ1) is 7.02. The molecule has 4 N–H and O–H groups in total. The molecule has 0 unspecified atom stereocenters. The highest BCUT2D eigenvalue weighted by molar-refractivity contribution is 6.01. The SMILES string of the molecule is Cc1cccc(N)c1C(=O)NCC(=O)O. The minimum absolute atomic E-state index is 0.332.